The molecule has 144 valence electrons. The first-order chi connectivity index (χ1) is 13.0. The van der Waals surface area contributed by atoms with Crippen LogP contribution < -0.4 is 5.56 Å². The summed E-state index contributed by atoms with van der Waals surface area (Å²) in [7, 11) is 1.71. The number of nitrogens with zero attached hydrogens (tertiary/aromatic N) is 3. The minimum Gasteiger partial charge on any atom is -0.379 e. The van der Waals surface area contributed by atoms with Crippen LogP contribution in [-0.4, -0.2) is 71.6 Å². The molecule has 1 aliphatic heterocycles. The van der Waals surface area contributed by atoms with E-state index in [0.29, 0.717) is 25.6 Å². The van der Waals surface area contributed by atoms with E-state index in [9.17, 15) is 9.59 Å². The van der Waals surface area contributed by atoms with Gasteiger partial charge in [0.1, 0.15) is 11.4 Å². The number of H-pyrrole nitrogens is 1. The first kappa shape index (κ1) is 19.3. The van der Waals surface area contributed by atoms with E-state index in [-0.39, 0.29) is 17.5 Å². The number of aromatic amines is 1. The van der Waals surface area contributed by atoms with Gasteiger partial charge in [-0.2, -0.15) is 0 Å². The van der Waals surface area contributed by atoms with E-state index in [1.54, 1.807) is 11.9 Å². The highest BCUT2D eigenvalue weighted by atomic mass is 16.5. The van der Waals surface area contributed by atoms with Crippen molar-refractivity contribution in [3.05, 3.63) is 51.9 Å². The molecule has 1 atom stereocenters. The Morgan fingerprint density at radius 1 is 1.30 bits per heavy atom. The zero-order valence-corrected chi connectivity index (χ0v) is 16.1. The molecule has 7 nitrogen and oxygen atoms in total. The van der Waals surface area contributed by atoms with Gasteiger partial charge in [-0.25, -0.2) is 4.98 Å². The molecule has 1 aromatic carbocycles. The third kappa shape index (κ3) is 4.61. The van der Waals surface area contributed by atoms with Crippen molar-refractivity contribution >= 4 is 5.91 Å². The van der Waals surface area contributed by atoms with Gasteiger partial charge in [-0.1, -0.05) is 29.8 Å². The zero-order chi connectivity index (χ0) is 19.4. The third-order valence-corrected chi connectivity index (χ3v) is 4.91. The van der Waals surface area contributed by atoms with Gasteiger partial charge in [0.05, 0.1) is 13.2 Å². The minimum atomic E-state index is -0.420. The van der Waals surface area contributed by atoms with E-state index in [0.717, 1.165) is 24.2 Å². The number of ether oxygens (including phenoxy) is 1. The summed E-state index contributed by atoms with van der Waals surface area (Å²) in [6.07, 6.45) is 1.37. The molecular weight excluding hydrogens is 344 g/mol. The van der Waals surface area contributed by atoms with Gasteiger partial charge in [-0.3, -0.25) is 14.5 Å². The average Bonchev–Trinajstić information content (AvgIpc) is 2.68. The molecule has 0 spiro atoms. The summed E-state index contributed by atoms with van der Waals surface area (Å²) in [5, 5.41) is 0. The van der Waals surface area contributed by atoms with E-state index in [2.05, 4.69) is 21.8 Å². The first-order valence-electron chi connectivity index (χ1n) is 9.19. The predicted octanol–water partition coefficient (Wildman–Crippen LogP) is 1.54. The van der Waals surface area contributed by atoms with E-state index >= 15 is 0 Å². The molecule has 1 saturated heterocycles. The summed E-state index contributed by atoms with van der Waals surface area (Å²) in [4.78, 5) is 36.0. The van der Waals surface area contributed by atoms with Crippen molar-refractivity contribution in [1.82, 2.24) is 19.8 Å². The zero-order valence-electron chi connectivity index (χ0n) is 16.1. The normalized spacial score (nSPS) is 16.1. The van der Waals surface area contributed by atoms with Gasteiger partial charge in [0, 0.05) is 44.5 Å². The maximum atomic E-state index is 12.7. The van der Waals surface area contributed by atoms with Gasteiger partial charge in [0.25, 0.3) is 11.5 Å². The van der Waals surface area contributed by atoms with Gasteiger partial charge in [-0.15, -0.1) is 0 Å². The van der Waals surface area contributed by atoms with Gasteiger partial charge >= 0.3 is 0 Å². The molecule has 7 heteroatoms. The van der Waals surface area contributed by atoms with Gasteiger partial charge in [0.2, 0.25) is 0 Å². The molecule has 27 heavy (non-hydrogen) atoms. The number of carbonyl (C=O) groups is 1. The van der Waals surface area contributed by atoms with E-state index < -0.39 is 5.56 Å². The van der Waals surface area contributed by atoms with Crippen LogP contribution in [0.25, 0.3) is 11.4 Å². The van der Waals surface area contributed by atoms with Crippen LogP contribution in [0.2, 0.25) is 0 Å². The standard InChI is InChI=1S/C20H26N4O3/c1-14-4-6-16(7-5-14)18-21-12-17(19(25)22-18)20(26)23(3)13-15(2)24-8-10-27-11-9-24/h4-7,12,15H,8-11,13H2,1-3H3,(H,21,22,25)/t15-/m0/s1. The summed E-state index contributed by atoms with van der Waals surface area (Å²) in [6, 6.07) is 7.89. The van der Waals surface area contributed by atoms with Crippen molar-refractivity contribution in [2.75, 3.05) is 39.9 Å². The average molecular weight is 370 g/mol. The molecule has 0 bridgehead atoms. The Labute approximate surface area is 159 Å². The molecule has 2 heterocycles. The quantitative estimate of drug-likeness (QED) is 0.864. The van der Waals surface area contributed by atoms with Crippen LogP contribution in [0.5, 0.6) is 0 Å². The third-order valence-electron chi connectivity index (χ3n) is 4.91. The molecule has 0 unspecified atom stereocenters. The number of hydrogen-bond acceptors (Lipinski definition) is 5. The summed E-state index contributed by atoms with van der Waals surface area (Å²) < 4.78 is 5.37. The van der Waals surface area contributed by atoms with E-state index in [1.807, 2.05) is 31.2 Å². The Bertz CT molecular complexity index is 841. The van der Waals surface area contributed by atoms with Crippen molar-refractivity contribution < 1.29 is 9.53 Å². The lowest BCUT2D eigenvalue weighted by Gasteiger charge is -2.34. The number of hydrogen-bond donors (Lipinski definition) is 1. The predicted molar refractivity (Wildman–Crippen MR) is 104 cm³/mol. The number of carbonyl (C=O) groups excluding carboxylic acids is 1. The first-order valence-corrected chi connectivity index (χ1v) is 9.19. The number of rotatable bonds is 5. The molecule has 1 fully saturated rings. The Morgan fingerprint density at radius 2 is 1.96 bits per heavy atom. The smallest absolute Gasteiger partial charge is 0.264 e. The second-order valence-corrected chi connectivity index (χ2v) is 7.02. The number of likely N-dealkylation sites (N-methyl/N-ethyl adjacent to an activating group) is 1. The molecule has 0 radical (unpaired) electrons. The SMILES string of the molecule is Cc1ccc(-c2ncc(C(=O)N(C)C[C@H](C)N3CCOCC3)c(=O)[nH]2)cc1. The van der Waals surface area contributed by atoms with Crippen LogP contribution >= 0.6 is 0 Å². The van der Waals surface area contributed by atoms with Crippen molar-refractivity contribution in [2.45, 2.75) is 19.9 Å². The number of morpholine rings is 1. The highest BCUT2D eigenvalue weighted by Gasteiger charge is 2.22. The monoisotopic (exact) mass is 370 g/mol. The molecule has 0 saturated carbocycles. The van der Waals surface area contributed by atoms with Crippen LogP contribution in [-0.2, 0) is 4.74 Å². The summed E-state index contributed by atoms with van der Waals surface area (Å²) in [5.41, 5.74) is 1.58. The highest BCUT2D eigenvalue weighted by Crippen LogP contribution is 2.14. The Kier molecular flexibility index (Phi) is 6.03. The van der Waals surface area contributed by atoms with Crippen molar-refractivity contribution in [1.29, 1.82) is 0 Å². The van der Waals surface area contributed by atoms with Crippen LogP contribution in [0.4, 0.5) is 0 Å². The van der Waals surface area contributed by atoms with E-state index in [1.165, 1.54) is 6.20 Å². The molecule has 3 rings (SSSR count). The second-order valence-electron chi connectivity index (χ2n) is 7.02. The number of amides is 1. The molecule has 2 aromatic rings. The van der Waals surface area contributed by atoms with Crippen LogP contribution in [0.3, 0.4) is 0 Å². The summed E-state index contributed by atoms with van der Waals surface area (Å²) in [6.45, 7) is 7.76. The molecule has 1 aromatic heterocycles. The number of aryl methyl sites for hydroxylation is 1. The topological polar surface area (TPSA) is 78.5 Å². The fourth-order valence-electron chi connectivity index (χ4n) is 3.22. The molecular formula is C20H26N4O3. The van der Waals surface area contributed by atoms with Crippen LogP contribution in [0.1, 0.15) is 22.8 Å². The van der Waals surface area contributed by atoms with Gasteiger partial charge in [0.15, 0.2) is 0 Å². The number of nitrogens with one attached hydrogen (secondary N) is 1. The Balaban J connectivity index is 1.70. The maximum Gasteiger partial charge on any atom is 0.264 e. The molecule has 1 N–H and O–H groups in total. The Morgan fingerprint density at radius 3 is 2.59 bits per heavy atom. The lowest BCUT2D eigenvalue weighted by molar-refractivity contribution is 0.0142. The van der Waals surface area contributed by atoms with Gasteiger partial charge < -0.3 is 14.6 Å². The highest BCUT2D eigenvalue weighted by molar-refractivity contribution is 5.93. The summed E-state index contributed by atoms with van der Waals surface area (Å²) in [5.74, 6) is 0.139. The molecule has 1 amide bonds. The maximum absolute atomic E-state index is 12.7. The van der Waals surface area contributed by atoms with E-state index in [4.69, 9.17) is 4.74 Å². The fraction of sp³-hybridized carbons (Fsp3) is 0.450. The fourth-order valence-corrected chi connectivity index (χ4v) is 3.22. The lowest BCUT2D eigenvalue weighted by Crippen LogP contribution is -2.48. The number of benzene rings is 1. The second kappa shape index (κ2) is 8.45. The lowest BCUT2D eigenvalue weighted by atomic mass is 10.1. The number of aromatic nitrogens is 2. The van der Waals surface area contributed by atoms with Gasteiger partial charge in [-0.05, 0) is 13.8 Å². The minimum absolute atomic E-state index is 0.0579. The van der Waals surface area contributed by atoms with Crippen LogP contribution in [0, 0.1) is 6.92 Å². The van der Waals surface area contributed by atoms with Crippen LogP contribution in [0.15, 0.2) is 35.3 Å². The van der Waals surface area contributed by atoms with Crippen molar-refractivity contribution in [3.63, 3.8) is 0 Å². The molecule has 0 aliphatic carbocycles. The largest absolute Gasteiger partial charge is 0.379 e. The van der Waals surface area contributed by atoms with Crippen molar-refractivity contribution in [3.8, 4) is 11.4 Å². The summed E-state index contributed by atoms with van der Waals surface area (Å²) >= 11 is 0. The molecule has 1 aliphatic rings. The van der Waals surface area contributed by atoms with Crippen molar-refractivity contribution in [2.24, 2.45) is 0 Å². The Hall–Kier alpha value is -2.51.